The fourth-order valence-electron chi connectivity index (χ4n) is 2.94. The second-order valence-corrected chi connectivity index (χ2v) is 8.07. The molecule has 0 saturated carbocycles. The summed E-state index contributed by atoms with van der Waals surface area (Å²) < 4.78 is 64.5. The van der Waals surface area contributed by atoms with Gasteiger partial charge in [0.05, 0.1) is 9.35 Å². The highest BCUT2D eigenvalue weighted by Crippen LogP contribution is 2.55. The Bertz CT molecular complexity index is 1310. The van der Waals surface area contributed by atoms with Crippen LogP contribution in [-0.4, -0.2) is 44.4 Å². The summed E-state index contributed by atoms with van der Waals surface area (Å²) in [5, 5.41) is 20.6. The molecular formula is C18H16FN2O9P. The van der Waals surface area contributed by atoms with E-state index in [0.717, 1.165) is 6.20 Å². The number of alkyl halides is 1. The number of aliphatic hydroxyl groups excluding tert-OH is 2. The molecule has 0 aliphatic carbocycles. The van der Waals surface area contributed by atoms with Gasteiger partial charge in [-0.1, -0.05) is 24.1 Å². The van der Waals surface area contributed by atoms with Crippen LogP contribution >= 0.6 is 7.82 Å². The number of H-pyrrole nitrogens is 1. The van der Waals surface area contributed by atoms with Crippen molar-refractivity contribution in [2.45, 2.75) is 30.9 Å². The Morgan fingerprint density at radius 3 is 2.94 bits per heavy atom. The van der Waals surface area contributed by atoms with Crippen molar-refractivity contribution in [3.8, 4) is 18.1 Å². The van der Waals surface area contributed by atoms with E-state index in [1.165, 1.54) is 12.1 Å². The maximum Gasteiger partial charge on any atom is 0.530 e. The molecule has 1 fully saturated rings. The normalized spacial score (nSPS) is 33.5. The standard InChI is InChI=1S/C18H16FN2O9P/c1-2-10-7-21(17(25)20-15(10)24)16-13(22)14(23)18(19,29-16)9-28-31(26)27-8-11-5-3-4-6-12(11)30-31/h1,3-7,13-14,16,22-23H,8-9H2,(H,20,24,25)/t13-,14+,16-,18-,31?/m1/s1/i9D2. The first-order valence-corrected chi connectivity index (χ1v) is 10.1. The van der Waals surface area contributed by atoms with Crippen LogP contribution in [0.15, 0.2) is 40.1 Å². The molecule has 2 aromatic rings. The van der Waals surface area contributed by atoms with E-state index in [-0.39, 0.29) is 17.9 Å². The zero-order chi connectivity index (χ0) is 24.2. The van der Waals surface area contributed by atoms with E-state index in [1.54, 1.807) is 12.1 Å². The molecule has 1 aromatic carbocycles. The number of nitrogens with zero attached hydrogens (tertiary/aromatic N) is 1. The average Bonchev–Trinajstić information content (AvgIpc) is 2.98. The van der Waals surface area contributed by atoms with Crippen molar-refractivity contribution in [3.63, 3.8) is 0 Å². The molecule has 3 heterocycles. The number of para-hydroxylation sites is 1. The first kappa shape index (κ1) is 18.9. The van der Waals surface area contributed by atoms with Gasteiger partial charge in [0.1, 0.15) is 30.1 Å². The Balaban J connectivity index is 1.65. The zero-order valence-electron chi connectivity index (χ0n) is 17.4. The molecule has 1 aromatic heterocycles. The third-order valence-electron chi connectivity index (χ3n) is 4.54. The summed E-state index contributed by atoms with van der Waals surface area (Å²) in [4.78, 5) is 25.6. The SMILES string of the molecule is [2H]C([2H])(OP1(=O)OCc2ccccc2O1)[C@@]1(F)O[C@@H](n2cc(C#C)c(=O)[nH]c2=O)[C@H](O)[C@@H]1O. The summed E-state index contributed by atoms with van der Waals surface area (Å²) in [6.45, 7) is -4.04. The van der Waals surface area contributed by atoms with E-state index < -0.39 is 49.9 Å². The van der Waals surface area contributed by atoms with E-state index in [4.69, 9.17) is 27.5 Å². The second kappa shape index (κ2) is 7.72. The molecular weight excluding hydrogens is 438 g/mol. The number of aliphatic hydroxyl groups is 2. The van der Waals surface area contributed by atoms with Crippen molar-refractivity contribution in [3.05, 3.63) is 62.4 Å². The van der Waals surface area contributed by atoms with Gasteiger partial charge in [-0.25, -0.2) is 13.8 Å². The largest absolute Gasteiger partial charge is 0.530 e. The molecule has 0 amide bonds. The minimum atomic E-state index is -4.76. The van der Waals surface area contributed by atoms with Crippen LogP contribution in [0.25, 0.3) is 0 Å². The van der Waals surface area contributed by atoms with E-state index in [1.807, 2.05) is 10.9 Å². The van der Waals surface area contributed by atoms with Crippen LogP contribution in [-0.2, 0) is 25.0 Å². The van der Waals surface area contributed by atoms with Gasteiger partial charge >= 0.3 is 13.5 Å². The van der Waals surface area contributed by atoms with E-state index in [9.17, 15) is 24.4 Å². The summed E-state index contributed by atoms with van der Waals surface area (Å²) in [7, 11) is -4.76. The number of rotatable bonds is 4. The summed E-state index contributed by atoms with van der Waals surface area (Å²) in [5.41, 5.74) is -2.05. The third-order valence-corrected chi connectivity index (χ3v) is 5.72. The molecule has 0 radical (unpaired) electrons. The summed E-state index contributed by atoms with van der Waals surface area (Å²) >= 11 is 0. The highest BCUT2D eigenvalue weighted by molar-refractivity contribution is 7.49. The molecule has 11 nitrogen and oxygen atoms in total. The molecule has 13 heteroatoms. The van der Waals surface area contributed by atoms with Gasteiger partial charge in [-0.05, 0) is 6.07 Å². The summed E-state index contributed by atoms with van der Waals surface area (Å²) in [5.74, 6) is -1.86. The van der Waals surface area contributed by atoms with Gasteiger partial charge in [-0.2, -0.15) is 0 Å². The van der Waals surface area contributed by atoms with Gasteiger partial charge in [0, 0.05) is 11.8 Å². The van der Waals surface area contributed by atoms with Crippen molar-refractivity contribution in [1.29, 1.82) is 0 Å². The number of aromatic nitrogens is 2. The molecule has 0 spiro atoms. The first-order chi connectivity index (χ1) is 15.4. The second-order valence-electron chi connectivity index (χ2n) is 6.56. The Labute approximate surface area is 176 Å². The van der Waals surface area contributed by atoms with E-state index in [2.05, 4.69) is 0 Å². The maximum atomic E-state index is 15.7. The highest BCUT2D eigenvalue weighted by atomic mass is 31.2. The van der Waals surface area contributed by atoms with Gasteiger partial charge in [0.25, 0.3) is 11.4 Å². The number of halogens is 1. The van der Waals surface area contributed by atoms with Crippen LogP contribution in [0.3, 0.4) is 0 Å². The molecule has 1 unspecified atom stereocenters. The Hall–Kier alpha value is -2.78. The van der Waals surface area contributed by atoms with Crippen molar-refractivity contribution >= 4 is 7.82 Å². The highest BCUT2D eigenvalue weighted by Gasteiger charge is 2.57. The molecule has 3 N–H and O–H groups in total. The predicted octanol–water partition coefficient (Wildman–Crippen LogP) is 0.168. The fraction of sp³-hybridized carbons (Fsp3) is 0.333. The molecule has 2 aliphatic heterocycles. The Kier molecular flexibility index (Phi) is 4.72. The number of aromatic amines is 1. The number of phosphoric acid groups is 1. The van der Waals surface area contributed by atoms with E-state index in [0.29, 0.717) is 10.1 Å². The van der Waals surface area contributed by atoms with Gasteiger partial charge in [0.2, 0.25) is 0 Å². The third kappa shape index (κ3) is 3.83. The number of hydrogen-bond acceptors (Lipinski definition) is 9. The minimum absolute atomic E-state index is 0.0446. The first-order valence-electron chi connectivity index (χ1n) is 9.68. The molecule has 4 rings (SSSR count). The number of phosphoric ester groups is 1. The Morgan fingerprint density at radius 1 is 1.45 bits per heavy atom. The van der Waals surface area contributed by atoms with Gasteiger partial charge in [-0.3, -0.25) is 23.4 Å². The molecule has 31 heavy (non-hydrogen) atoms. The Morgan fingerprint density at radius 2 is 2.19 bits per heavy atom. The number of nitrogens with one attached hydrogen (secondary N) is 1. The van der Waals surface area contributed by atoms with E-state index >= 15 is 4.39 Å². The van der Waals surface area contributed by atoms with Gasteiger partial charge in [-0.15, -0.1) is 6.42 Å². The molecule has 164 valence electrons. The van der Waals surface area contributed by atoms with Crippen LogP contribution in [0.2, 0.25) is 0 Å². The number of fused-ring (bicyclic) bond motifs is 1. The zero-order valence-corrected chi connectivity index (χ0v) is 16.3. The van der Waals surface area contributed by atoms with Crippen LogP contribution in [0, 0.1) is 12.3 Å². The lowest BCUT2D eigenvalue weighted by atomic mass is 10.1. The lowest BCUT2D eigenvalue weighted by molar-refractivity contribution is -0.205. The lowest BCUT2D eigenvalue weighted by Gasteiger charge is -2.28. The lowest BCUT2D eigenvalue weighted by Crippen LogP contribution is -2.43. The maximum absolute atomic E-state index is 15.7. The number of terminal acetylenes is 1. The molecule has 5 atom stereocenters. The summed E-state index contributed by atoms with van der Waals surface area (Å²) in [6.07, 6.45) is -1.01. The molecule has 0 bridgehead atoms. The van der Waals surface area contributed by atoms with Crippen LogP contribution in [0.1, 0.15) is 20.1 Å². The summed E-state index contributed by atoms with van der Waals surface area (Å²) in [6, 6.07) is 6.17. The monoisotopic (exact) mass is 456 g/mol. The minimum Gasteiger partial charge on any atom is -0.404 e. The quantitative estimate of drug-likeness (QED) is 0.432. The van der Waals surface area contributed by atoms with Crippen molar-refractivity contribution in [2.24, 2.45) is 0 Å². The van der Waals surface area contributed by atoms with Crippen LogP contribution < -0.4 is 15.8 Å². The van der Waals surface area contributed by atoms with Crippen LogP contribution in [0.5, 0.6) is 5.75 Å². The van der Waals surface area contributed by atoms with Crippen LogP contribution in [0.4, 0.5) is 4.39 Å². The smallest absolute Gasteiger partial charge is 0.404 e. The van der Waals surface area contributed by atoms with Crippen molar-refractivity contribution < 1.29 is 40.2 Å². The topological polar surface area (TPSA) is 149 Å². The van der Waals surface area contributed by atoms with Gasteiger partial charge < -0.3 is 19.5 Å². The fourth-order valence-corrected chi connectivity index (χ4v) is 4.04. The van der Waals surface area contributed by atoms with Crippen molar-refractivity contribution in [2.75, 3.05) is 6.56 Å². The number of ether oxygens (including phenoxy) is 1. The predicted molar refractivity (Wildman–Crippen MR) is 101 cm³/mol. The van der Waals surface area contributed by atoms with Crippen molar-refractivity contribution in [1.82, 2.24) is 9.55 Å². The molecule has 2 aliphatic rings. The van der Waals surface area contributed by atoms with Gasteiger partial charge in [0.15, 0.2) is 6.23 Å². The number of hydrogen-bond donors (Lipinski definition) is 3. The average molecular weight is 456 g/mol. The number of benzene rings is 1. The molecule has 1 saturated heterocycles.